The first-order valence-corrected chi connectivity index (χ1v) is 9.54. The van der Waals surface area contributed by atoms with Gasteiger partial charge in [0.25, 0.3) is 11.4 Å². The molecule has 4 heterocycles. The van der Waals surface area contributed by atoms with Crippen molar-refractivity contribution in [3.63, 3.8) is 0 Å². The highest BCUT2D eigenvalue weighted by molar-refractivity contribution is 5.71. The molecule has 0 atom stereocenters. The van der Waals surface area contributed by atoms with Crippen molar-refractivity contribution >= 4 is 12.1 Å². The maximum atomic E-state index is 12.3. The molecule has 30 heavy (non-hydrogen) atoms. The van der Waals surface area contributed by atoms with E-state index in [9.17, 15) is 22.8 Å². The highest BCUT2D eigenvalue weighted by Crippen LogP contribution is 2.29. The summed E-state index contributed by atoms with van der Waals surface area (Å²) in [6.07, 6.45) is -1.57. The summed E-state index contributed by atoms with van der Waals surface area (Å²) >= 11 is 0. The number of rotatable bonds is 6. The van der Waals surface area contributed by atoms with Crippen molar-refractivity contribution in [3.8, 4) is 11.5 Å². The van der Waals surface area contributed by atoms with Crippen LogP contribution >= 0.6 is 0 Å². The quantitative estimate of drug-likeness (QED) is 0.608. The second kappa shape index (κ2) is 7.92. The molecule has 1 fully saturated rings. The first-order chi connectivity index (χ1) is 14.3. The molecule has 3 aromatic rings. The Morgan fingerprint density at radius 2 is 2.07 bits per heavy atom. The molecule has 0 aromatic carbocycles. The predicted octanol–water partition coefficient (Wildman–Crippen LogP) is 2.29. The SMILES string of the molecule is O=CN1CCC(c2cc(=O)[nH]c3c(-c4nc(CCCC(F)(F)F)no4)cnn23)CC1. The third-order valence-corrected chi connectivity index (χ3v) is 5.19. The number of carbonyl (C=O) groups is 1. The van der Waals surface area contributed by atoms with Crippen LogP contribution in [-0.2, 0) is 11.2 Å². The number of amides is 1. The number of likely N-dealkylation sites (tertiary alicyclic amines) is 1. The van der Waals surface area contributed by atoms with Crippen LogP contribution < -0.4 is 5.56 Å². The van der Waals surface area contributed by atoms with Crippen molar-refractivity contribution in [3.05, 3.63) is 34.1 Å². The maximum Gasteiger partial charge on any atom is 0.389 e. The lowest BCUT2D eigenvalue weighted by atomic mass is 9.93. The number of aryl methyl sites for hydroxylation is 1. The summed E-state index contributed by atoms with van der Waals surface area (Å²) in [5, 5.41) is 8.07. The summed E-state index contributed by atoms with van der Waals surface area (Å²) in [7, 11) is 0. The van der Waals surface area contributed by atoms with E-state index in [2.05, 4.69) is 20.2 Å². The summed E-state index contributed by atoms with van der Waals surface area (Å²) in [5.41, 5.74) is 1.17. The number of hydrogen-bond donors (Lipinski definition) is 1. The van der Waals surface area contributed by atoms with Crippen LogP contribution in [0.3, 0.4) is 0 Å². The van der Waals surface area contributed by atoms with Gasteiger partial charge in [-0.3, -0.25) is 9.59 Å². The molecular formula is C18H19F3N6O3. The summed E-state index contributed by atoms with van der Waals surface area (Å²) in [6.45, 7) is 1.20. The van der Waals surface area contributed by atoms with Crippen LogP contribution in [0.1, 0.15) is 43.1 Å². The third kappa shape index (κ3) is 4.21. The van der Waals surface area contributed by atoms with Gasteiger partial charge in [0.15, 0.2) is 5.82 Å². The van der Waals surface area contributed by atoms with E-state index in [4.69, 9.17) is 4.52 Å². The molecule has 0 bridgehead atoms. The minimum Gasteiger partial charge on any atom is -0.345 e. The van der Waals surface area contributed by atoms with Gasteiger partial charge in [0.1, 0.15) is 11.2 Å². The topological polar surface area (TPSA) is 109 Å². The average molecular weight is 424 g/mol. The Labute approximate surface area is 167 Å². The summed E-state index contributed by atoms with van der Waals surface area (Å²) in [6, 6.07) is 1.49. The standard InChI is InChI=1S/C18H19F3N6O3/c19-18(20,21)5-1-2-14-23-17(30-25-14)12-9-22-27-13(8-15(29)24-16(12)27)11-3-6-26(10-28)7-4-11/h8-11H,1-7H2,(H,24,29). The van der Waals surface area contributed by atoms with Gasteiger partial charge in [-0.05, 0) is 19.3 Å². The fourth-order valence-electron chi connectivity index (χ4n) is 3.67. The minimum atomic E-state index is -4.23. The molecule has 0 radical (unpaired) electrons. The molecule has 0 spiro atoms. The highest BCUT2D eigenvalue weighted by atomic mass is 19.4. The van der Waals surface area contributed by atoms with Crippen LogP contribution in [0.25, 0.3) is 17.1 Å². The fourth-order valence-corrected chi connectivity index (χ4v) is 3.67. The Bertz CT molecular complexity index is 1090. The van der Waals surface area contributed by atoms with E-state index < -0.39 is 12.6 Å². The minimum absolute atomic E-state index is 0.0271. The van der Waals surface area contributed by atoms with E-state index in [1.54, 1.807) is 9.42 Å². The van der Waals surface area contributed by atoms with Gasteiger partial charge in [-0.1, -0.05) is 5.16 Å². The van der Waals surface area contributed by atoms with Gasteiger partial charge in [-0.15, -0.1) is 0 Å². The van der Waals surface area contributed by atoms with Crippen molar-refractivity contribution in [1.29, 1.82) is 0 Å². The van der Waals surface area contributed by atoms with Gasteiger partial charge in [0.05, 0.1) is 11.9 Å². The third-order valence-electron chi connectivity index (χ3n) is 5.19. The zero-order chi connectivity index (χ0) is 21.3. The van der Waals surface area contributed by atoms with Crippen LogP contribution in [-0.4, -0.2) is 55.3 Å². The van der Waals surface area contributed by atoms with Gasteiger partial charge >= 0.3 is 6.18 Å². The van der Waals surface area contributed by atoms with Crippen molar-refractivity contribution in [1.82, 2.24) is 29.6 Å². The van der Waals surface area contributed by atoms with Crippen molar-refractivity contribution in [2.75, 3.05) is 13.1 Å². The Balaban J connectivity index is 1.59. The second-order valence-electron chi connectivity index (χ2n) is 7.28. The lowest BCUT2D eigenvalue weighted by Crippen LogP contribution is -2.32. The van der Waals surface area contributed by atoms with E-state index in [1.165, 1.54) is 12.3 Å². The zero-order valence-corrected chi connectivity index (χ0v) is 15.9. The first kappa shape index (κ1) is 20.1. The Morgan fingerprint density at radius 3 is 2.77 bits per heavy atom. The molecule has 0 saturated carbocycles. The molecule has 3 aromatic heterocycles. The lowest BCUT2D eigenvalue weighted by molar-refractivity contribution is -0.135. The number of hydrogen-bond acceptors (Lipinski definition) is 6. The molecular weight excluding hydrogens is 405 g/mol. The number of H-pyrrole nitrogens is 1. The smallest absolute Gasteiger partial charge is 0.345 e. The molecule has 12 heteroatoms. The van der Waals surface area contributed by atoms with E-state index >= 15 is 0 Å². The van der Waals surface area contributed by atoms with Crippen LogP contribution in [0.2, 0.25) is 0 Å². The number of halogens is 3. The summed E-state index contributed by atoms with van der Waals surface area (Å²) in [5.74, 6) is 0.295. The molecule has 0 aliphatic carbocycles. The summed E-state index contributed by atoms with van der Waals surface area (Å²) < 4.78 is 43.7. The molecule has 1 aliphatic rings. The molecule has 160 valence electrons. The number of fused-ring (bicyclic) bond motifs is 1. The predicted molar refractivity (Wildman–Crippen MR) is 97.7 cm³/mol. The van der Waals surface area contributed by atoms with Gasteiger partial charge in [0, 0.05) is 37.9 Å². The van der Waals surface area contributed by atoms with Crippen molar-refractivity contribution < 1.29 is 22.5 Å². The highest BCUT2D eigenvalue weighted by Gasteiger charge is 2.27. The number of aromatic nitrogens is 5. The molecule has 1 N–H and O–H groups in total. The first-order valence-electron chi connectivity index (χ1n) is 9.54. The van der Waals surface area contributed by atoms with Crippen LogP contribution in [0.15, 0.2) is 21.6 Å². The van der Waals surface area contributed by atoms with E-state index in [-0.39, 0.29) is 36.0 Å². The fraction of sp³-hybridized carbons (Fsp3) is 0.500. The molecule has 0 unspecified atom stereocenters. The van der Waals surface area contributed by atoms with Gasteiger partial charge < -0.3 is 14.4 Å². The zero-order valence-electron chi connectivity index (χ0n) is 15.9. The molecule has 1 saturated heterocycles. The monoisotopic (exact) mass is 424 g/mol. The molecule has 1 amide bonds. The molecule has 4 rings (SSSR count). The molecule has 9 nitrogen and oxygen atoms in total. The van der Waals surface area contributed by atoms with Crippen LogP contribution in [0.5, 0.6) is 0 Å². The number of piperidine rings is 1. The number of alkyl halides is 3. The van der Waals surface area contributed by atoms with Gasteiger partial charge in [0.2, 0.25) is 6.41 Å². The molecule has 1 aliphatic heterocycles. The van der Waals surface area contributed by atoms with Crippen molar-refractivity contribution in [2.24, 2.45) is 0 Å². The van der Waals surface area contributed by atoms with Crippen LogP contribution in [0, 0.1) is 0 Å². The van der Waals surface area contributed by atoms with Crippen LogP contribution in [0.4, 0.5) is 13.2 Å². The normalized spacial score (nSPS) is 15.8. The Hall–Kier alpha value is -3.18. The maximum absolute atomic E-state index is 12.3. The number of carbonyl (C=O) groups excluding carboxylic acids is 1. The van der Waals surface area contributed by atoms with Crippen molar-refractivity contribution in [2.45, 2.75) is 44.2 Å². The average Bonchev–Trinajstić information content (AvgIpc) is 3.33. The van der Waals surface area contributed by atoms with Gasteiger partial charge in [-0.25, -0.2) is 4.52 Å². The van der Waals surface area contributed by atoms with E-state index in [1.807, 2.05) is 0 Å². The largest absolute Gasteiger partial charge is 0.389 e. The van der Waals surface area contributed by atoms with Gasteiger partial charge in [-0.2, -0.15) is 23.3 Å². The van der Waals surface area contributed by atoms with E-state index in [0.717, 1.165) is 12.1 Å². The Kier molecular flexibility index (Phi) is 5.31. The number of aromatic amines is 1. The van der Waals surface area contributed by atoms with E-state index in [0.29, 0.717) is 37.1 Å². The number of nitrogens with zero attached hydrogens (tertiary/aromatic N) is 5. The Morgan fingerprint density at radius 1 is 1.30 bits per heavy atom. The summed E-state index contributed by atoms with van der Waals surface area (Å²) in [4.78, 5) is 31.7. The number of nitrogens with one attached hydrogen (secondary N) is 1. The second-order valence-corrected chi connectivity index (χ2v) is 7.28. The lowest BCUT2D eigenvalue weighted by Gasteiger charge is -2.29.